The Hall–Kier alpha value is -2.20. The molecule has 0 aliphatic rings. The third-order valence-corrected chi connectivity index (χ3v) is 3.58. The van der Waals surface area contributed by atoms with Gasteiger partial charge in [-0.2, -0.15) is 0 Å². The minimum Gasteiger partial charge on any atom is -0.495 e. The molecule has 110 valence electrons. The van der Waals surface area contributed by atoms with Gasteiger partial charge in [0, 0.05) is 23.8 Å². The van der Waals surface area contributed by atoms with Crippen molar-refractivity contribution in [2.75, 3.05) is 24.4 Å². The topological polar surface area (TPSA) is 41.6 Å². The standard InChI is InChI=1S/C16H17ClN2O2/c1-11-9-14(15(21-3)10-13(11)17)18-16(20)19(2)12-7-5-4-6-8-12/h4-10H,1-3H3,(H,18,20). The molecule has 2 aromatic rings. The Balaban J connectivity index is 2.22. The van der Waals surface area contributed by atoms with E-state index in [1.165, 1.54) is 12.0 Å². The average Bonchev–Trinajstić information content (AvgIpc) is 2.50. The minimum absolute atomic E-state index is 0.249. The van der Waals surface area contributed by atoms with E-state index in [1.54, 1.807) is 19.2 Å². The van der Waals surface area contributed by atoms with Gasteiger partial charge in [0.25, 0.3) is 0 Å². The van der Waals surface area contributed by atoms with Crippen LogP contribution < -0.4 is 15.0 Å². The van der Waals surface area contributed by atoms with Gasteiger partial charge in [0.2, 0.25) is 0 Å². The number of carbonyl (C=O) groups excluding carboxylic acids is 1. The van der Waals surface area contributed by atoms with E-state index in [0.29, 0.717) is 16.5 Å². The van der Waals surface area contributed by atoms with Crippen LogP contribution in [0.2, 0.25) is 5.02 Å². The lowest BCUT2D eigenvalue weighted by Gasteiger charge is -2.19. The van der Waals surface area contributed by atoms with E-state index in [4.69, 9.17) is 16.3 Å². The summed E-state index contributed by atoms with van der Waals surface area (Å²) >= 11 is 6.06. The zero-order valence-corrected chi connectivity index (χ0v) is 12.9. The number of methoxy groups -OCH3 is 1. The van der Waals surface area contributed by atoms with E-state index in [9.17, 15) is 4.79 Å². The van der Waals surface area contributed by atoms with Crippen LogP contribution in [0.1, 0.15) is 5.56 Å². The maximum absolute atomic E-state index is 12.3. The fourth-order valence-corrected chi connectivity index (χ4v) is 2.05. The zero-order chi connectivity index (χ0) is 15.4. The van der Waals surface area contributed by atoms with Gasteiger partial charge in [0.15, 0.2) is 0 Å². The number of aryl methyl sites for hydroxylation is 1. The van der Waals surface area contributed by atoms with Crippen molar-refractivity contribution in [2.24, 2.45) is 0 Å². The van der Waals surface area contributed by atoms with E-state index >= 15 is 0 Å². The Kier molecular flexibility index (Phi) is 4.70. The maximum Gasteiger partial charge on any atom is 0.326 e. The molecule has 0 spiro atoms. The Morgan fingerprint density at radius 3 is 2.52 bits per heavy atom. The molecule has 4 nitrogen and oxygen atoms in total. The third kappa shape index (κ3) is 3.47. The van der Waals surface area contributed by atoms with E-state index in [2.05, 4.69) is 5.32 Å². The number of amides is 2. The summed E-state index contributed by atoms with van der Waals surface area (Å²) in [6, 6.07) is 12.6. The lowest BCUT2D eigenvalue weighted by atomic mass is 10.2. The lowest BCUT2D eigenvalue weighted by Crippen LogP contribution is -2.31. The summed E-state index contributed by atoms with van der Waals surface area (Å²) in [5.74, 6) is 0.528. The third-order valence-electron chi connectivity index (χ3n) is 3.17. The molecule has 5 heteroatoms. The van der Waals surface area contributed by atoms with Gasteiger partial charge in [0.05, 0.1) is 12.8 Å². The van der Waals surface area contributed by atoms with Crippen molar-refractivity contribution in [1.82, 2.24) is 0 Å². The van der Waals surface area contributed by atoms with Crippen LogP contribution in [0.15, 0.2) is 42.5 Å². The van der Waals surface area contributed by atoms with Gasteiger partial charge in [-0.1, -0.05) is 29.8 Å². The molecule has 0 aromatic heterocycles. The molecule has 0 aliphatic carbocycles. The fraction of sp³-hybridized carbons (Fsp3) is 0.188. The van der Waals surface area contributed by atoms with Crippen LogP contribution in [0.3, 0.4) is 0 Å². The summed E-state index contributed by atoms with van der Waals surface area (Å²) in [5, 5.41) is 3.43. The number of nitrogens with zero attached hydrogens (tertiary/aromatic N) is 1. The van der Waals surface area contributed by atoms with Crippen LogP contribution in [0.25, 0.3) is 0 Å². The molecule has 0 bridgehead atoms. The predicted octanol–water partition coefficient (Wildman–Crippen LogP) is 4.33. The number of rotatable bonds is 3. The molecular formula is C16H17ClN2O2. The minimum atomic E-state index is -0.249. The van der Waals surface area contributed by atoms with Gasteiger partial charge in [-0.3, -0.25) is 4.90 Å². The molecule has 2 aromatic carbocycles. The van der Waals surface area contributed by atoms with E-state index in [0.717, 1.165) is 11.3 Å². The van der Waals surface area contributed by atoms with Crippen LogP contribution >= 0.6 is 11.6 Å². The van der Waals surface area contributed by atoms with Crippen molar-refractivity contribution in [2.45, 2.75) is 6.92 Å². The monoisotopic (exact) mass is 304 g/mol. The smallest absolute Gasteiger partial charge is 0.326 e. The van der Waals surface area contributed by atoms with Gasteiger partial charge < -0.3 is 10.1 Å². The lowest BCUT2D eigenvalue weighted by molar-refractivity contribution is 0.258. The van der Waals surface area contributed by atoms with Crippen LogP contribution in [-0.2, 0) is 0 Å². The number of hydrogen-bond donors (Lipinski definition) is 1. The summed E-state index contributed by atoms with van der Waals surface area (Å²) < 4.78 is 5.25. The van der Waals surface area contributed by atoms with Crippen LogP contribution in [0.5, 0.6) is 5.75 Å². The maximum atomic E-state index is 12.3. The highest BCUT2D eigenvalue weighted by atomic mass is 35.5. The summed E-state index contributed by atoms with van der Waals surface area (Å²) in [4.78, 5) is 13.8. The number of halogens is 1. The number of nitrogens with one attached hydrogen (secondary N) is 1. The van der Waals surface area contributed by atoms with Gasteiger partial charge >= 0.3 is 6.03 Å². The van der Waals surface area contributed by atoms with Gasteiger partial charge in [-0.15, -0.1) is 0 Å². The molecule has 1 N–H and O–H groups in total. The first kappa shape index (κ1) is 15.2. The van der Waals surface area contributed by atoms with Gasteiger partial charge in [-0.05, 0) is 30.7 Å². The first-order valence-electron chi connectivity index (χ1n) is 6.47. The second-order valence-electron chi connectivity index (χ2n) is 4.63. The Morgan fingerprint density at radius 2 is 1.90 bits per heavy atom. The van der Waals surface area contributed by atoms with Crippen molar-refractivity contribution in [3.05, 3.63) is 53.1 Å². The highest BCUT2D eigenvalue weighted by Gasteiger charge is 2.14. The van der Waals surface area contributed by atoms with Crippen LogP contribution in [0.4, 0.5) is 16.2 Å². The van der Waals surface area contributed by atoms with Gasteiger partial charge in [0.1, 0.15) is 5.75 Å². The fourth-order valence-electron chi connectivity index (χ4n) is 1.90. The summed E-state index contributed by atoms with van der Waals surface area (Å²) in [6.45, 7) is 1.87. The SMILES string of the molecule is COc1cc(Cl)c(C)cc1NC(=O)N(C)c1ccccc1. The molecule has 0 unspecified atom stereocenters. The Bertz CT molecular complexity index is 644. The molecule has 0 atom stereocenters. The molecule has 2 amide bonds. The summed E-state index contributed by atoms with van der Waals surface area (Å²) in [5.41, 5.74) is 2.27. The highest BCUT2D eigenvalue weighted by Crippen LogP contribution is 2.31. The van der Waals surface area contributed by atoms with Crippen LogP contribution in [-0.4, -0.2) is 20.2 Å². The second kappa shape index (κ2) is 6.50. The number of anilines is 2. The summed E-state index contributed by atoms with van der Waals surface area (Å²) in [6.07, 6.45) is 0. The van der Waals surface area contributed by atoms with Crippen LogP contribution in [0, 0.1) is 6.92 Å². The zero-order valence-electron chi connectivity index (χ0n) is 12.2. The molecule has 2 rings (SSSR count). The largest absolute Gasteiger partial charge is 0.495 e. The second-order valence-corrected chi connectivity index (χ2v) is 5.03. The molecule has 0 heterocycles. The van der Waals surface area contributed by atoms with E-state index < -0.39 is 0 Å². The number of para-hydroxylation sites is 1. The number of carbonyl (C=O) groups is 1. The molecule has 0 saturated heterocycles. The van der Waals surface area contributed by atoms with Crippen molar-refractivity contribution in [1.29, 1.82) is 0 Å². The quantitative estimate of drug-likeness (QED) is 0.917. The summed E-state index contributed by atoms with van der Waals surface area (Å²) in [7, 11) is 3.25. The Labute approximate surface area is 129 Å². The predicted molar refractivity (Wildman–Crippen MR) is 86.6 cm³/mol. The first-order valence-corrected chi connectivity index (χ1v) is 6.84. The molecule has 0 radical (unpaired) electrons. The molecule has 21 heavy (non-hydrogen) atoms. The average molecular weight is 305 g/mol. The van der Waals surface area contributed by atoms with Crippen molar-refractivity contribution in [3.63, 3.8) is 0 Å². The first-order chi connectivity index (χ1) is 10.0. The number of ether oxygens (including phenoxy) is 1. The normalized spacial score (nSPS) is 10.1. The van der Waals surface area contributed by atoms with Crippen molar-refractivity contribution >= 4 is 29.0 Å². The molecular weight excluding hydrogens is 288 g/mol. The van der Waals surface area contributed by atoms with E-state index in [-0.39, 0.29) is 6.03 Å². The molecule has 0 aliphatic heterocycles. The van der Waals surface area contributed by atoms with Crippen molar-refractivity contribution in [3.8, 4) is 5.75 Å². The van der Waals surface area contributed by atoms with Crippen molar-refractivity contribution < 1.29 is 9.53 Å². The Morgan fingerprint density at radius 1 is 1.24 bits per heavy atom. The number of urea groups is 1. The molecule has 0 saturated carbocycles. The molecule has 0 fully saturated rings. The number of benzene rings is 2. The highest BCUT2D eigenvalue weighted by molar-refractivity contribution is 6.31. The van der Waals surface area contributed by atoms with Gasteiger partial charge in [-0.25, -0.2) is 4.79 Å². The number of hydrogen-bond acceptors (Lipinski definition) is 2. The van der Waals surface area contributed by atoms with E-state index in [1.807, 2.05) is 37.3 Å².